The number of nitrogens with two attached hydrogens (primary N) is 1. The van der Waals surface area contributed by atoms with Crippen LogP contribution < -0.4 is 15.8 Å². The summed E-state index contributed by atoms with van der Waals surface area (Å²) in [6.45, 7) is 3.42. The molecule has 1 aliphatic heterocycles. The Bertz CT molecular complexity index is 1200. The number of sulfonamides is 1. The minimum absolute atomic E-state index is 0.0513. The fourth-order valence-electron chi connectivity index (χ4n) is 3.27. The van der Waals surface area contributed by atoms with E-state index in [9.17, 15) is 22.0 Å². The molecular weight excluding hydrogens is 468 g/mol. The topological polar surface area (TPSA) is 129 Å². The molecule has 1 fully saturated rings. The predicted molar refractivity (Wildman–Crippen MR) is 123 cm³/mol. The number of carbonyl (C=O) groups excluding carboxylic acids is 1. The fraction of sp³-hybridized carbons (Fsp3) is 0.273. The van der Waals surface area contributed by atoms with Gasteiger partial charge in [-0.3, -0.25) is 15.5 Å². The first-order chi connectivity index (χ1) is 16.0. The van der Waals surface area contributed by atoms with Gasteiger partial charge in [0.1, 0.15) is 5.75 Å². The lowest BCUT2D eigenvalue weighted by Crippen LogP contribution is -2.46. The number of amides is 1. The number of rotatable bonds is 6. The van der Waals surface area contributed by atoms with Crippen molar-refractivity contribution in [3.05, 3.63) is 59.2 Å². The van der Waals surface area contributed by atoms with Crippen LogP contribution in [0, 0.1) is 17.0 Å². The van der Waals surface area contributed by atoms with Crippen molar-refractivity contribution in [2.24, 2.45) is 5.73 Å². The SMILES string of the molecule is C/C(=C\c1cc(F)c(Oc2ccc(S(=O)(=O)N3CCN(C)CC3)cc2)c(F)c1)C(=O)NC(=N)N. The number of nitrogens with zero attached hydrogens (tertiary/aromatic N) is 2. The Morgan fingerprint density at radius 2 is 1.68 bits per heavy atom. The highest BCUT2D eigenvalue weighted by Gasteiger charge is 2.27. The minimum atomic E-state index is -3.68. The number of hydrogen-bond donors (Lipinski definition) is 3. The summed E-state index contributed by atoms with van der Waals surface area (Å²) in [7, 11) is -1.76. The number of hydrogen-bond acceptors (Lipinski definition) is 6. The number of likely N-dealkylation sites (N-methyl/N-ethyl adjacent to an activating group) is 1. The molecule has 34 heavy (non-hydrogen) atoms. The highest BCUT2D eigenvalue weighted by atomic mass is 32.2. The first kappa shape index (κ1) is 25.3. The van der Waals surface area contributed by atoms with Gasteiger partial charge in [-0.2, -0.15) is 4.31 Å². The molecule has 4 N–H and O–H groups in total. The van der Waals surface area contributed by atoms with E-state index < -0.39 is 39.3 Å². The van der Waals surface area contributed by atoms with Gasteiger partial charge in [0.25, 0.3) is 5.91 Å². The number of halogens is 2. The van der Waals surface area contributed by atoms with E-state index >= 15 is 0 Å². The van der Waals surface area contributed by atoms with E-state index in [4.69, 9.17) is 15.9 Å². The Labute approximate surface area is 196 Å². The summed E-state index contributed by atoms with van der Waals surface area (Å²) in [5.74, 6) is -3.88. The highest BCUT2D eigenvalue weighted by molar-refractivity contribution is 7.89. The standard InChI is InChI=1S/C22H25F2N5O4S/c1-14(21(30)27-22(25)26)11-15-12-18(23)20(19(24)13-15)33-16-3-5-17(6-4-16)34(31,32)29-9-7-28(2)8-10-29/h3-6,11-13H,7-10H2,1-2H3,(H4,25,26,27,30)/b14-11+. The van der Waals surface area contributed by atoms with E-state index in [2.05, 4.69) is 5.32 Å². The maximum Gasteiger partial charge on any atom is 0.253 e. The highest BCUT2D eigenvalue weighted by Crippen LogP contribution is 2.30. The van der Waals surface area contributed by atoms with Crippen molar-refractivity contribution >= 4 is 28.0 Å². The van der Waals surface area contributed by atoms with Crippen LogP contribution in [0.4, 0.5) is 8.78 Å². The van der Waals surface area contributed by atoms with Crippen molar-refractivity contribution in [2.45, 2.75) is 11.8 Å². The predicted octanol–water partition coefficient (Wildman–Crippen LogP) is 2.11. The summed E-state index contributed by atoms with van der Waals surface area (Å²) in [5, 5.41) is 9.12. The normalized spacial score (nSPS) is 15.7. The van der Waals surface area contributed by atoms with Gasteiger partial charge in [0.2, 0.25) is 10.0 Å². The molecule has 0 aromatic heterocycles. The zero-order valence-electron chi connectivity index (χ0n) is 18.6. The lowest BCUT2D eigenvalue weighted by Gasteiger charge is -2.31. The molecule has 0 atom stereocenters. The van der Waals surface area contributed by atoms with Crippen LogP contribution in [0.25, 0.3) is 6.08 Å². The summed E-state index contributed by atoms with van der Waals surface area (Å²) in [5.41, 5.74) is 5.24. The summed E-state index contributed by atoms with van der Waals surface area (Å²) >= 11 is 0. The Kier molecular flexibility index (Phi) is 7.64. The third kappa shape index (κ3) is 5.95. The maximum atomic E-state index is 14.5. The smallest absolute Gasteiger partial charge is 0.253 e. The van der Waals surface area contributed by atoms with Crippen LogP contribution in [0.5, 0.6) is 11.5 Å². The van der Waals surface area contributed by atoms with Gasteiger partial charge in [0.15, 0.2) is 23.3 Å². The Morgan fingerprint density at radius 1 is 1.12 bits per heavy atom. The monoisotopic (exact) mass is 493 g/mol. The molecule has 1 heterocycles. The molecule has 0 unspecified atom stereocenters. The molecule has 0 bridgehead atoms. The molecule has 1 aliphatic rings. The van der Waals surface area contributed by atoms with Gasteiger partial charge in [0, 0.05) is 31.8 Å². The van der Waals surface area contributed by atoms with Crippen molar-refractivity contribution in [1.29, 1.82) is 5.41 Å². The molecule has 0 radical (unpaired) electrons. The van der Waals surface area contributed by atoms with Crippen LogP contribution in [-0.4, -0.2) is 62.7 Å². The van der Waals surface area contributed by atoms with Gasteiger partial charge in [-0.1, -0.05) is 0 Å². The average Bonchev–Trinajstić information content (AvgIpc) is 2.76. The number of piperazine rings is 1. The maximum absolute atomic E-state index is 14.5. The molecule has 0 saturated carbocycles. The third-order valence-electron chi connectivity index (χ3n) is 5.15. The van der Waals surface area contributed by atoms with E-state index in [1.807, 2.05) is 11.9 Å². The van der Waals surface area contributed by atoms with Crippen LogP contribution in [-0.2, 0) is 14.8 Å². The van der Waals surface area contributed by atoms with Crippen molar-refractivity contribution in [3.8, 4) is 11.5 Å². The van der Waals surface area contributed by atoms with E-state index in [1.54, 1.807) is 0 Å². The van der Waals surface area contributed by atoms with E-state index in [1.165, 1.54) is 41.6 Å². The van der Waals surface area contributed by atoms with Gasteiger partial charge < -0.3 is 15.4 Å². The summed E-state index contributed by atoms with van der Waals surface area (Å²) < 4.78 is 61.4. The number of nitrogens with one attached hydrogen (secondary N) is 2. The Hall–Kier alpha value is -3.35. The molecule has 3 rings (SSSR count). The summed E-state index contributed by atoms with van der Waals surface area (Å²) in [4.78, 5) is 13.9. The molecule has 1 amide bonds. The van der Waals surface area contributed by atoms with Crippen LogP contribution in [0.15, 0.2) is 46.9 Å². The number of carbonyl (C=O) groups is 1. The molecule has 0 aliphatic carbocycles. The van der Waals surface area contributed by atoms with Crippen LogP contribution in [0.2, 0.25) is 0 Å². The van der Waals surface area contributed by atoms with Crippen molar-refractivity contribution in [2.75, 3.05) is 33.2 Å². The van der Waals surface area contributed by atoms with Gasteiger partial charge >= 0.3 is 0 Å². The second-order valence-corrected chi connectivity index (χ2v) is 9.73. The molecule has 2 aromatic rings. The summed E-state index contributed by atoms with van der Waals surface area (Å²) in [6.07, 6.45) is 1.23. The molecule has 0 spiro atoms. The fourth-order valence-corrected chi connectivity index (χ4v) is 4.69. The van der Waals surface area contributed by atoms with Crippen LogP contribution in [0.1, 0.15) is 12.5 Å². The van der Waals surface area contributed by atoms with Crippen molar-refractivity contribution in [3.63, 3.8) is 0 Å². The zero-order valence-corrected chi connectivity index (χ0v) is 19.5. The summed E-state index contributed by atoms with van der Waals surface area (Å²) in [6, 6.07) is 7.27. The number of guanidine groups is 1. The Balaban J connectivity index is 1.76. The number of ether oxygens (including phenoxy) is 1. The molecule has 182 valence electrons. The van der Waals surface area contributed by atoms with E-state index in [-0.39, 0.29) is 21.8 Å². The lowest BCUT2D eigenvalue weighted by atomic mass is 10.1. The Morgan fingerprint density at radius 3 is 2.21 bits per heavy atom. The molecule has 2 aromatic carbocycles. The molecular formula is C22H25F2N5O4S. The number of benzene rings is 2. The van der Waals surface area contributed by atoms with Crippen molar-refractivity contribution < 1.29 is 26.7 Å². The second-order valence-electron chi connectivity index (χ2n) is 7.79. The van der Waals surface area contributed by atoms with E-state index in [0.29, 0.717) is 26.2 Å². The van der Waals surface area contributed by atoms with Crippen LogP contribution in [0.3, 0.4) is 0 Å². The minimum Gasteiger partial charge on any atom is -0.451 e. The first-order valence-corrected chi connectivity index (χ1v) is 11.7. The molecule has 12 heteroatoms. The van der Waals surface area contributed by atoms with Gasteiger partial charge in [-0.15, -0.1) is 0 Å². The molecule has 9 nitrogen and oxygen atoms in total. The largest absolute Gasteiger partial charge is 0.451 e. The van der Waals surface area contributed by atoms with Gasteiger partial charge in [-0.25, -0.2) is 17.2 Å². The average molecular weight is 494 g/mol. The quantitative estimate of drug-likeness (QED) is 0.321. The van der Waals surface area contributed by atoms with Crippen LogP contribution >= 0.6 is 0 Å². The van der Waals surface area contributed by atoms with Gasteiger partial charge in [-0.05, 0) is 62.0 Å². The van der Waals surface area contributed by atoms with Crippen molar-refractivity contribution in [1.82, 2.24) is 14.5 Å². The zero-order chi connectivity index (χ0) is 25.0. The van der Waals surface area contributed by atoms with E-state index in [0.717, 1.165) is 12.1 Å². The lowest BCUT2D eigenvalue weighted by molar-refractivity contribution is -0.116. The molecule has 1 saturated heterocycles. The first-order valence-electron chi connectivity index (χ1n) is 10.3. The third-order valence-corrected chi connectivity index (χ3v) is 7.07. The van der Waals surface area contributed by atoms with Gasteiger partial charge in [0.05, 0.1) is 4.90 Å². The second kappa shape index (κ2) is 10.3.